The van der Waals surface area contributed by atoms with Crippen LogP contribution in [0.15, 0.2) is 30.3 Å². The second-order valence-electron chi connectivity index (χ2n) is 6.07. The lowest BCUT2D eigenvalue weighted by Gasteiger charge is -2.22. The number of primary amides is 1. The average Bonchev–Trinajstić information content (AvgIpc) is 2.99. The van der Waals surface area contributed by atoms with Crippen LogP contribution in [0, 0.1) is 11.8 Å². The maximum atomic E-state index is 13.3. The second kappa shape index (κ2) is 5.96. The molecule has 2 heterocycles. The van der Waals surface area contributed by atoms with Gasteiger partial charge in [-0.15, -0.1) is 0 Å². The number of benzene rings is 1. The Morgan fingerprint density at radius 1 is 1.33 bits per heavy atom. The van der Waals surface area contributed by atoms with E-state index in [4.69, 9.17) is 5.73 Å². The van der Waals surface area contributed by atoms with E-state index in [0.717, 1.165) is 16.6 Å². The summed E-state index contributed by atoms with van der Waals surface area (Å²) in [4.78, 5) is 17.6. The predicted octanol–water partition coefficient (Wildman–Crippen LogP) is 2.90. The van der Waals surface area contributed by atoms with Gasteiger partial charge in [0.15, 0.2) is 0 Å². The summed E-state index contributed by atoms with van der Waals surface area (Å²) in [5.74, 6) is -3.89. The number of aromatic nitrogens is 1. The minimum absolute atomic E-state index is 0.0311. The first kappa shape index (κ1) is 16.5. The number of rotatable bonds is 3. The summed E-state index contributed by atoms with van der Waals surface area (Å²) in [7, 11) is 0. The van der Waals surface area contributed by atoms with Crippen molar-refractivity contribution in [1.82, 2.24) is 4.98 Å². The third-order valence-electron chi connectivity index (χ3n) is 4.56. The maximum Gasteiger partial charge on any atom is 0.394 e. The van der Waals surface area contributed by atoms with E-state index in [-0.39, 0.29) is 13.1 Å². The summed E-state index contributed by atoms with van der Waals surface area (Å²) >= 11 is 0. The van der Waals surface area contributed by atoms with Gasteiger partial charge in [-0.1, -0.05) is 25.1 Å². The Hall–Kier alpha value is -2.31. The molecule has 1 amide bonds. The number of fused-ring (bicyclic) bond motifs is 1. The maximum absolute atomic E-state index is 13.3. The standard InChI is InChI=1S/C17H18F3N3O/c1-2-10-7-15(11-5-3-4-6-14(11)22-10)23-8-12(16(21)24)13(9-23)17(18,19)20/h3-7,12-13H,2,8-9H2,1H3,(H2,21,24)/t12-,13-/m1/s1. The van der Waals surface area contributed by atoms with Gasteiger partial charge in [-0.2, -0.15) is 13.2 Å². The van der Waals surface area contributed by atoms with Crippen LogP contribution in [0.4, 0.5) is 18.9 Å². The van der Waals surface area contributed by atoms with E-state index in [1.807, 2.05) is 31.2 Å². The highest BCUT2D eigenvalue weighted by Gasteiger charge is 2.52. The van der Waals surface area contributed by atoms with E-state index in [1.54, 1.807) is 11.0 Å². The number of hydrogen-bond acceptors (Lipinski definition) is 3. The second-order valence-corrected chi connectivity index (χ2v) is 6.07. The van der Waals surface area contributed by atoms with Crippen molar-refractivity contribution in [2.45, 2.75) is 19.5 Å². The molecule has 128 valence electrons. The lowest BCUT2D eigenvalue weighted by molar-refractivity contribution is -0.181. The molecule has 24 heavy (non-hydrogen) atoms. The van der Waals surface area contributed by atoms with E-state index in [0.29, 0.717) is 12.1 Å². The monoisotopic (exact) mass is 337 g/mol. The number of nitrogens with zero attached hydrogens (tertiary/aromatic N) is 2. The zero-order valence-electron chi connectivity index (χ0n) is 13.2. The fourth-order valence-electron chi connectivity index (χ4n) is 3.27. The normalized spacial score (nSPS) is 21.4. The van der Waals surface area contributed by atoms with Crippen LogP contribution in [0.2, 0.25) is 0 Å². The molecule has 1 aromatic carbocycles. The van der Waals surface area contributed by atoms with Gasteiger partial charge in [0, 0.05) is 29.9 Å². The highest BCUT2D eigenvalue weighted by molar-refractivity contribution is 5.92. The summed E-state index contributed by atoms with van der Waals surface area (Å²) in [5.41, 5.74) is 7.43. The Bertz CT molecular complexity index is 775. The molecule has 1 saturated heterocycles. The molecular weight excluding hydrogens is 319 g/mol. The molecule has 2 aromatic rings. The predicted molar refractivity (Wildman–Crippen MR) is 85.6 cm³/mol. The first-order valence-corrected chi connectivity index (χ1v) is 7.81. The van der Waals surface area contributed by atoms with Gasteiger partial charge >= 0.3 is 6.18 Å². The summed E-state index contributed by atoms with van der Waals surface area (Å²) in [6, 6.07) is 9.13. The number of halogens is 3. The first-order valence-electron chi connectivity index (χ1n) is 7.81. The quantitative estimate of drug-likeness (QED) is 0.937. The zero-order chi connectivity index (χ0) is 17.5. The summed E-state index contributed by atoms with van der Waals surface area (Å²) in [6.45, 7) is 1.64. The van der Waals surface area contributed by atoms with Crippen molar-refractivity contribution < 1.29 is 18.0 Å². The Morgan fingerprint density at radius 2 is 2.04 bits per heavy atom. The van der Waals surface area contributed by atoms with Gasteiger partial charge in [-0.05, 0) is 18.6 Å². The minimum Gasteiger partial charge on any atom is -0.369 e. The van der Waals surface area contributed by atoms with E-state index >= 15 is 0 Å². The van der Waals surface area contributed by atoms with Gasteiger partial charge in [-0.3, -0.25) is 9.78 Å². The highest BCUT2D eigenvalue weighted by Crippen LogP contribution is 2.40. The molecule has 1 aliphatic rings. The van der Waals surface area contributed by atoms with Gasteiger partial charge < -0.3 is 10.6 Å². The van der Waals surface area contributed by atoms with E-state index in [1.165, 1.54) is 0 Å². The summed E-state index contributed by atoms with van der Waals surface area (Å²) < 4.78 is 39.8. The fraction of sp³-hybridized carbons (Fsp3) is 0.412. The number of aryl methyl sites for hydroxylation is 1. The van der Waals surface area contributed by atoms with Crippen LogP contribution in [-0.4, -0.2) is 30.2 Å². The molecule has 4 nitrogen and oxygen atoms in total. The van der Waals surface area contributed by atoms with Gasteiger partial charge in [0.2, 0.25) is 5.91 Å². The lowest BCUT2D eigenvalue weighted by Crippen LogP contribution is -2.37. The Morgan fingerprint density at radius 3 is 2.62 bits per heavy atom. The first-order chi connectivity index (χ1) is 11.3. The molecule has 1 aliphatic heterocycles. The topological polar surface area (TPSA) is 59.2 Å². The third kappa shape index (κ3) is 2.90. The van der Waals surface area contributed by atoms with Crippen molar-refractivity contribution in [3.05, 3.63) is 36.0 Å². The van der Waals surface area contributed by atoms with Crippen molar-refractivity contribution in [2.24, 2.45) is 17.6 Å². The van der Waals surface area contributed by atoms with Crippen LogP contribution in [0.3, 0.4) is 0 Å². The zero-order valence-corrected chi connectivity index (χ0v) is 13.2. The number of nitrogens with two attached hydrogens (primary N) is 1. The van der Waals surface area contributed by atoms with Crippen LogP contribution in [-0.2, 0) is 11.2 Å². The van der Waals surface area contributed by atoms with Crippen LogP contribution in [0.5, 0.6) is 0 Å². The number of anilines is 1. The summed E-state index contributed by atoms with van der Waals surface area (Å²) in [6.07, 6.45) is -3.78. The van der Waals surface area contributed by atoms with Crippen LogP contribution < -0.4 is 10.6 Å². The molecule has 2 N–H and O–H groups in total. The highest BCUT2D eigenvalue weighted by atomic mass is 19.4. The Balaban J connectivity index is 2.06. The van der Waals surface area contributed by atoms with Crippen LogP contribution in [0.25, 0.3) is 10.9 Å². The van der Waals surface area contributed by atoms with Gasteiger partial charge in [0.1, 0.15) is 0 Å². The van der Waals surface area contributed by atoms with E-state index in [9.17, 15) is 18.0 Å². The third-order valence-corrected chi connectivity index (χ3v) is 4.56. The van der Waals surface area contributed by atoms with Crippen molar-refractivity contribution >= 4 is 22.5 Å². The van der Waals surface area contributed by atoms with E-state index in [2.05, 4.69) is 4.98 Å². The van der Waals surface area contributed by atoms with Crippen molar-refractivity contribution in [2.75, 3.05) is 18.0 Å². The van der Waals surface area contributed by atoms with Gasteiger partial charge in [0.05, 0.1) is 17.4 Å². The molecule has 7 heteroatoms. The number of carbonyl (C=O) groups is 1. The lowest BCUT2D eigenvalue weighted by atomic mass is 9.95. The van der Waals surface area contributed by atoms with E-state index < -0.39 is 23.9 Å². The molecule has 0 saturated carbocycles. The molecule has 0 radical (unpaired) electrons. The fourth-order valence-corrected chi connectivity index (χ4v) is 3.27. The van der Waals surface area contributed by atoms with Crippen LogP contribution in [0.1, 0.15) is 12.6 Å². The summed E-state index contributed by atoms with van der Waals surface area (Å²) in [5, 5.41) is 0.778. The van der Waals surface area contributed by atoms with Crippen molar-refractivity contribution in [3.63, 3.8) is 0 Å². The molecule has 1 aromatic heterocycles. The molecule has 0 spiro atoms. The molecule has 0 bridgehead atoms. The Kier molecular flexibility index (Phi) is 4.11. The minimum atomic E-state index is -4.45. The SMILES string of the molecule is CCc1cc(N2C[C@@H](C(F)(F)F)[C@H](C(N)=O)C2)c2ccccc2n1. The molecule has 1 fully saturated rings. The number of alkyl halides is 3. The molecule has 0 unspecified atom stereocenters. The molecule has 0 aliphatic carbocycles. The molecule has 3 rings (SSSR count). The number of hydrogen-bond donors (Lipinski definition) is 1. The number of carbonyl (C=O) groups excluding carboxylic acids is 1. The van der Waals surface area contributed by atoms with Crippen molar-refractivity contribution in [1.29, 1.82) is 0 Å². The number of pyridine rings is 1. The average molecular weight is 337 g/mol. The van der Waals surface area contributed by atoms with Crippen LogP contribution >= 0.6 is 0 Å². The number of para-hydroxylation sites is 1. The number of amides is 1. The smallest absolute Gasteiger partial charge is 0.369 e. The molecular formula is C17H18F3N3O. The molecule has 2 atom stereocenters. The van der Waals surface area contributed by atoms with Gasteiger partial charge in [0.25, 0.3) is 0 Å². The largest absolute Gasteiger partial charge is 0.394 e. The van der Waals surface area contributed by atoms with Crippen molar-refractivity contribution in [3.8, 4) is 0 Å². The Labute approximate surface area is 137 Å². The van der Waals surface area contributed by atoms with Gasteiger partial charge in [-0.25, -0.2) is 0 Å².